The van der Waals surface area contributed by atoms with Gasteiger partial charge in [-0.25, -0.2) is 8.42 Å². The summed E-state index contributed by atoms with van der Waals surface area (Å²) in [6.07, 6.45) is 4.77. The van der Waals surface area contributed by atoms with Crippen LogP contribution in [0.15, 0.2) is 23.1 Å². The van der Waals surface area contributed by atoms with Crippen molar-refractivity contribution in [2.24, 2.45) is 0 Å². The normalized spacial score (nSPS) is 18.6. The van der Waals surface area contributed by atoms with Gasteiger partial charge >= 0.3 is 0 Å². The minimum atomic E-state index is -3.75. The fourth-order valence-corrected chi connectivity index (χ4v) is 5.69. The second-order valence-corrected chi connectivity index (χ2v) is 8.85. The third kappa shape index (κ3) is 2.51. The number of hydrogen-bond acceptors (Lipinski definition) is 4. The molecule has 3 N–H and O–H groups in total. The van der Waals surface area contributed by atoms with Crippen LogP contribution in [0.3, 0.4) is 0 Å². The predicted molar refractivity (Wildman–Crippen MR) is 98.7 cm³/mol. The van der Waals surface area contributed by atoms with Crippen molar-refractivity contribution < 1.29 is 13.2 Å². The Morgan fingerprint density at radius 1 is 1.15 bits per heavy atom. The van der Waals surface area contributed by atoms with E-state index in [1.54, 1.807) is 32.0 Å². The number of benzene rings is 1. The molecule has 0 bridgehead atoms. The minimum absolute atomic E-state index is 0.0359. The maximum absolute atomic E-state index is 12.8. The first-order chi connectivity index (χ1) is 12.3. The fraction of sp³-hybridized carbons (Fsp3) is 0.444. The van der Waals surface area contributed by atoms with Crippen LogP contribution in [-0.2, 0) is 20.2 Å². The lowest BCUT2D eigenvalue weighted by atomic mass is 9.70. The molecule has 7 nitrogen and oxygen atoms in total. The van der Waals surface area contributed by atoms with E-state index in [1.807, 2.05) is 0 Å². The molecule has 0 saturated heterocycles. The summed E-state index contributed by atoms with van der Waals surface area (Å²) in [4.78, 5) is 12.8. The first kappa shape index (κ1) is 17.1. The molecule has 0 atom stereocenters. The van der Waals surface area contributed by atoms with Crippen molar-refractivity contribution in [3.05, 3.63) is 35.2 Å². The van der Waals surface area contributed by atoms with Crippen molar-refractivity contribution in [3.8, 4) is 0 Å². The third-order valence-electron chi connectivity index (χ3n) is 5.51. The van der Waals surface area contributed by atoms with E-state index in [-0.39, 0.29) is 10.8 Å². The van der Waals surface area contributed by atoms with E-state index in [0.29, 0.717) is 17.1 Å². The maximum Gasteiger partial charge on any atom is 0.265 e. The molecule has 1 aromatic heterocycles. The molecule has 1 saturated carbocycles. The minimum Gasteiger partial charge on any atom is -0.325 e. The molecule has 0 radical (unpaired) electrons. The van der Waals surface area contributed by atoms with Gasteiger partial charge in [-0.15, -0.1) is 0 Å². The Morgan fingerprint density at radius 2 is 1.88 bits per heavy atom. The Kier molecular flexibility index (Phi) is 3.83. The molecule has 26 heavy (non-hydrogen) atoms. The van der Waals surface area contributed by atoms with E-state index < -0.39 is 15.4 Å². The Labute approximate surface area is 152 Å². The van der Waals surface area contributed by atoms with Crippen molar-refractivity contribution in [2.45, 2.75) is 56.3 Å². The van der Waals surface area contributed by atoms with Gasteiger partial charge in [0.05, 0.1) is 16.8 Å². The average Bonchev–Trinajstić information content (AvgIpc) is 3.07. The molecular weight excluding hydrogens is 352 g/mol. The Morgan fingerprint density at radius 3 is 2.54 bits per heavy atom. The van der Waals surface area contributed by atoms with Gasteiger partial charge in [-0.05, 0) is 50.5 Å². The summed E-state index contributed by atoms with van der Waals surface area (Å²) in [5.41, 5.74) is 2.56. The standard InChI is InChI=1S/C18H22N4O3S/c1-11-16(12(2)21-20-11)26(24,25)22-13-6-7-15-14(10-13)18(17(23)19-15)8-4-3-5-9-18/h6-7,10,22H,3-5,8-9H2,1-2H3,(H,19,23)(H,20,21). The zero-order chi connectivity index (χ0) is 18.5. The van der Waals surface area contributed by atoms with Crippen molar-refractivity contribution in [1.29, 1.82) is 0 Å². The molecular formula is C18H22N4O3S. The first-order valence-electron chi connectivity index (χ1n) is 8.84. The number of sulfonamides is 1. The lowest BCUT2D eigenvalue weighted by Gasteiger charge is -2.31. The van der Waals surface area contributed by atoms with E-state index in [4.69, 9.17) is 0 Å². The van der Waals surface area contributed by atoms with E-state index in [9.17, 15) is 13.2 Å². The Balaban J connectivity index is 1.72. The largest absolute Gasteiger partial charge is 0.325 e. The van der Waals surface area contributed by atoms with Crippen molar-refractivity contribution >= 4 is 27.3 Å². The molecule has 138 valence electrons. The van der Waals surface area contributed by atoms with Crippen LogP contribution in [0.25, 0.3) is 0 Å². The average molecular weight is 374 g/mol. The van der Waals surface area contributed by atoms with Crippen LogP contribution < -0.4 is 10.0 Å². The number of amides is 1. The molecule has 2 aliphatic rings. The predicted octanol–water partition coefficient (Wildman–Crippen LogP) is 2.98. The molecule has 1 spiro atoms. The van der Waals surface area contributed by atoms with Gasteiger partial charge in [0.25, 0.3) is 10.0 Å². The van der Waals surface area contributed by atoms with Crippen LogP contribution in [0.4, 0.5) is 11.4 Å². The van der Waals surface area contributed by atoms with E-state index in [1.165, 1.54) is 0 Å². The molecule has 8 heteroatoms. The van der Waals surface area contributed by atoms with Crippen LogP contribution in [0.1, 0.15) is 49.1 Å². The smallest absolute Gasteiger partial charge is 0.265 e. The van der Waals surface area contributed by atoms with Crippen molar-refractivity contribution in [1.82, 2.24) is 10.2 Å². The summed E-state index contributed by atoms with van der Waals surface area (Å²) >= 11 is 0. The van der Waals surface area contributed by atoms with Gasteiger partial charge in [-0.3, -0.25) is 14.6 Å². The molecule has 1 amide bonds. The summed E-state index contributed by atoms with van der Waals surface area (Å²) < 4.78 is 28.2. The third-order valence-corrected chi connectivity index (χ3v) is 7.15. The van der Waals surface area contributed by atoms with Gasteiger partial charge in [0, 0.05) is 11.4 Å². The number of aryl methyl sites for hydroxylation is 2. The summed E-state index contributed by atoms with van der Waals surface area (Å²) in [6, 6.07) is 5.27. The number of rotatable bonds is 3. The molecule has 2 aromatic rings. The van der Waals surface area contributed by atoms with Crippen LogP contribution in [0.2, 0.25) is 0 Å². The Bertz CT molecular complexity index is 968. The number of H-pyrrole nitrogens is 1. The first-order valence-corrected chi connectivity index (χ1v) is 10.3. The van der Waals surface area contributed by atoms with Gasteiger partial charge in [0.1, 0.15) is 4.90 Å². The number of carbonyl (C=O) groups excluding carboxylic acids is 1. The number of nitrogens with one attached hydrogen (secondary N) is 3. The molecule has 4 rings (SSSR count). The number of aromatic nitrogens is 2. The Hall–Kier alpha value is -2.35. The highest BCUT2D eigenvalue weighted by Crippen LogP contribution is 2.48. The molecule has 1 fully saturated rings. The van der Waals surface area contributed by atoms with Crippen LogP contribution in [-0.4, -0.2) is 24.5 Å². The quantitative estimate of drug-likeness (QED) is 0.768. The fourth-order valence-electron chi connectivity index (χ4n) is 4.27. The highest BCUT2D eigenvalue weighted by Gasteiger charge is 2.47. The summed E-state index contributed by atoms with van der Waals surface area (Å²) in [6.45, 7) is 3.33. The van der Waals surface area contributed by atoms with Gasteiger partial charge in [0.2, 0.25) is 5.91 Å². The van der Waals surface area contributed by atoms with Crippen LogP contribution >= 0.6 is 0 Å². The molecule has 0 unspecified atom stereocenters. The van der Waals surface area contributed by atoms with Crippen molar-refractivity contribution in [2.75, 3.05) is 10.0 Å². The van der Waals surface area contributed by atoms with E-state index in [0.717, 1.165) is 43.4 Å². The second-order valence-electron chi connectivity index (χ2n) is 7.23. The second kappa shape index (κ2) is 5.84. The monoisotopic (exact) mass is 374 g/mol. The number of anilines is 2. The summed E-state index contributed by atoms with van der Waals surface area (Å²) in [5.74, 6) is 0.0359. The zero-order valence-electron chi connectivity index (χ0n) is 14.8. The topological polar surface area (TPSA) is 104 Å². The summed E-state index contributed by atoms with van der Waals surface area (Å²) in [5, 5.41) is 9.62. The van der Waals surface area contributed by atoms with E-state index in [2.05, 4.69) is 20.2 Å². The van der Waals surface area contributed by atoms with Gasteiger partial charge in [-0.1, -0.05) is 19.3 Å². The number of nitrogens with zero attached hydrogens (tertiary/aromatic N) is 1. The number of carbonyl (C=O) groups is 1. The summed E-state index contributed by atoms with van der Waals surface area (Å²) in [7, 11) is -3.75. The maximum atomic E-state index is 12.8. The molecule has 2 heterocycles. The molecule has 1 aliphatic heterocycles. The van der Waals surface area contributed by atoms with Gasteiger partial charge in [-0.2, -0.15) is 5.10 Å². The van der Waals surface area contributed by atoms with Crippen molar-refractivity contribution in [3.63, 3.8) is 0 Å². The zero-order valence-corrected chi connectivity index (χ0v) is 15.7. The molecule has 1 aromatic carbocycles. The molecule has 1 aliphatic carbocycles. The number of fused-ring (bicyclic) bond motifs is 2. The van der Waals surface area contributed by atoms with Crippen LogP contribution in [0.5, 0.6) is 0 Å². The van der Waals surface area contributed by atoms with Crippen LogP contribution in [0, 0.1) is 13.8 Å². The van der Waals surface area contributed by atoms with Gasteiger partial charge in [0.15, 0.2) is 0 Å². The lowest BCUT2D eigenvalue weighted by molar-refractivity contribution is -0.121. The highest BCUT2D eigenvalue weighted by molar-refractivity contribution is 7.92. The lowest BCUT2D eigenvalue weighted by Crippen LogP contribution is -2.36. The van der Waals surface area contributed by atoms with E-state index >= 15 is 0 Å². The SMILES string of the molecule is Cc1n[nH]c(C)c1S(=O)(=O)Nc1ccc2c(c1)C1(CCCCC1)C(=O)N2. The highest BCUT2D eigenvalue weighted by atomic mass is 32.2. The van der Waals surface area contributed by atoms with Gasteiger partial charge < -0.3 is 5.32 Å². The number of aromatic amines is 1. The number of hydrogen-bond donors (Lipinski definition) is 3.